The maximum Gasteiger partial charge on any atom is 0.284 e. The van der Waals surface area contributed by atoms with Crippen LogP contribution in [0, 0.1) is 10.1 Å². The van der Waals surface area contributed by atoms with Crippen LogP contribution in [0.3, 0.4) is 0 Å². The minimum absolute atomic E-state index is 0.102. The zero-order valence-electron chi connectivity index (χ0n) is 11.6. The van der Waals surface area contributed by atoms with Crippen molar-refractivity contribution in [3.05, 3.63) is 33.9 Å². The van der Waals surface area contributed by atoms with Gasteiger partial charge in [-0.15, -0.1) is 10.2 Å². The molecule has 7 nitrogen and oxygen atoms in total. The Morgan fingerprint density at radius 2 is 2.10 bits per heavy atom. The summed E-state index contributed by atoms with van der Waals surface area (Å²) in [4.78, 5) is 24.2. The van der Waals surface area contributed by atoms with Gasteiger partial charge in [-0.2, -0.15) is 0 Å². The molecule has 0 unspecified atom stereocenters. The minimum Gasteiger partial charge on any atom is -0.353 e. The number of nitrogens with zero attached hydrogens (tertiary/aromatic N) is 4. The molecule has 0 fully saturated rings. The van der Waals surface area contributed by atoms with Gasteiger partial charge in [0.1, 0.15) is 0 Å². The summed E-state index contributed by atoms with van der Waals surface area (Å²) >= 11 is 2.51. The van der Waals surface area contributed by atoms with Gasteiger partial charge in [0.25, 0.3) is 5.69 Å². The van der Waals surface area contributed by atoms with Crippen LogP contribution in [-0.4, -0.2) is 35.0 Å². The second-order valence-corrected chi connectivity index (χ2v) is 6.59. The molecule has 0 saturated heterocycles. The lowest BCUT2D eigenvalue weighted by Gasteiger charge is -2.04. The molecule has 2 aromatic rings. The molecule has 0 radical (unpaired) electrons. The highest BCUT2D eigenvalue weighted by Gasteiger charge is 2.19. The van der Waals surface area contributed by atoms with Crippen LogP contribution in [0.2, 0.25) is 0 Å². The van der Waals surface area contributed by atoms with Gasteiger partial charge < -0.3 is 4.90 Å². The molecule has 0 aliphatic heterocycles. The summed E-state index contributed by atoms with van der Waals surface area (Å²) in [6, 6.07) is 4.43. The number of anilines is 1. The lowest BCUT2D eigenvalue weighted by molar-refractivity contribution is -0.387. The highest BCUT2D eigenvalue weighted by molar-refractivity contribution is 8.01. The fraction of sp³-hybridized carbons (Fsp3) is 0.250. The Morgan fingerprint density at radius 1 is 1.38 bits per heavy atom. The quantitative estimate of drug-likeness (QED) is 0.474. The second kappa shape index (κ2) is 6.19. The number of hydrogen-bond acceptors (Lipinski definition) is 8. The molecule has 9 heteroatoms. The Balaban J connectivity index is 2.34. The van der Waals surface area contributed by atoms with Crippen molar-refractivity contribution in [1.29, 1.82) is 0 Å². The highest BCUT2D eigenvalue weighted by atomic mass is 32.2. The molecule has 0 saturated carbocycles. The SMILES string of the molecule is CC(=O)c1ccc(Sc2nnc(N(C)C)s2)c([N+](=O)[O-])c1. The van der Waals surface area contributed by atoms with Gasteiger partial charge in [0.05, 0.1) is 9.82 Å². The standard InChI is InChI=1S/C12H12N4O3S2/c1-7(17)8-4-5-10(9(6-8)16(18)19)20-12-14-13-11(21-12)15(2)3/h4-6H,1-3H3. The number of ketones is 1. The van der Waals surface area contributed by atoms with Crippen LogP contribution in [-0.2, 0) is 0 Å². The highest BCUT2D eigenvalue weighted by Crippen LogP contribution is 2.38. The van der Waals surface area contributed by atoms with Crippen LogP contribution in [0.4, 0.5) is 10.8 Å². The van der Waals surface area contributed by atoms with E-state index in [1.54, 1.807) is 12.1 Å². The zero-order valence-corrected chi connectivity index (χ0v) is 13.2. The molecule has 0 bridgehead atoms. The van der Waals surface area contributed by atoms with E-state index in [0.717, 1.165) is 5.13 Å². The van der Waals surface area contributed by atoms with Gasteiger partial charge in [-0.25, -0.2) is 0 Å². The van der Waals surface area contributed by atoms with E-state index in [4.69, 9.17) is 0 Å². The number of carbonyl (C=O) groups excluding carboxylic acids is 1. The number of benzene rings is 1. The first-order valence-electron chi connectivity index (χ1n) is 5.86. The van der Waals surface area contributed by atoms with Gasteiger partial charge >= 0.3 is 0 Å². The van der Waals surface area contributed by atoms with Crippen molar-refractivity contribution in [2.45, 2.75) is 16.2 Å². The number of carbonyl (C=O) groups is 1. The predicted molar refractivity (Wildman–Crippen MR) is 81.5 cm³/mol. The summed E-state index contributed by atoms with van der Waals surface area (Å²) in [5.74, 6) is -0.208. The third kappa shape index (κ3) is 3.56. The minimum atomic E-state index is -0.497. The number of nitro benzene ring substituents is 1. The summed E-state index contributed by atoms with van der Waals surface area (Å²) in [7, 11) is 3.69. The molecule has 21 heavy (non-hydrogen) atoms. The van der Waals surface area contributed by atoms with Crippen LogP contribution in [0.15, 0.2) is 27.4 Å². The van der Waals surface area contributed by atoms with Crippen molar-refractivity contribution in [3.63, 3.8) is 0 Å². The molecule has 0 aliphatic carbocycles. The van der Waals surface area contributed by atoms with E-state index in [-0.39, 0.29) is 11.5 Å². The van der Waals surface area contributed by atoms with Crippen LogP contribution < -0.4 is 4.90 Å². The van der Waals surface area contributed by atoms with Crippen molar-refractivity contribution in [1.82, 2.24) is 10.2 Å². The molecule has 110 valence electrons. The maximum atomic E-state index is 11.3. The van der Waals surface area contributed by atoms with Gasteiger partial charge in [-0.05, 0) is 30.8 Å². The first-order valence-corrected chi connectivity index (χ1v) is 7.50. The van der Waals surface area contributed by atoms with Gasteiger partial charge in [0.15, 0.2) is 10.1 Å². The summed E-state index contributed by atoms with van der Waals surface area (Å²) in [5.41, 5.74) is 0.214. The lowest BCUT2D eigenvalue weighted by Crippen LogP contribution is -2.07. The fourth-order valence-corrected chi connectivity index (χ4v) is 3.29. The van der Waals surface area contributed by atoms with E-state index in [9.17, 15) is 14.9 Å². The van der Waals surface area contributed by atoms with Crippen molar-refractivity contribution in [2.75, 3.05) is 19.0 Å². The van der Waals surface area contributed by atoms with E-state index in [2.05, 4.69) is 10.2 Å². The number of Topliss-reactive ketones (excluding diaryl/α,β-unsaturated/α-hetero) is 1. The molecular weight excluding hydrogens is 312 g/mol. The van der Waals surface area contributed by atoms with Gasteiger partial charge in [-0.3, -0.25) is 14.9 Å². The number of aromatic nitrogens is 2. The summed E-state index contributed by atoms with van der Waals surface area (Å²) in [5, 5.41) is 19.8. The predicted octanol–water partition coefficient (Wildman–Crippen LogP) is 2.87. The average molecular weight is 324 g/mol. The van der Waals surface area contributed by atoms with E-state index < -0.39 is 4.92 Å². The Bertz CT molecular complexity index is 700. The number of nitro groups is 1. The van der Waals surface area contributed by atoms with Crippen molar-refractivity contribution in [2.24, 2.45) is 0 Å². The molecule has 0 aliphatic rings. The second-order valence-electron chi connectivity index (χ2n) is 4.34. The van der Waals surface area contributed by atoms with E-state index in [1.807, 2.05) is 19.0 Å². The molecule has 0 spiro atoms. The lowest BCUT2D eigenvalue weighted by atomic mass is 10.1. The molecule has 0 amide bonds. The smallest absolute Gasteiger partial charge is 0.284 e. The summed E-state index contributed by atoms with van der Waals surface area (Å²) < 4.78 is 0.609. The van der Waals surface area contributed by atoms with Crippen LogP contribution in [0.5, 0.6) is 0 Å². The number of rotatable bonds is 5. The van der Waals surface area contributed by atoms with Crippen molar-refractivity contribution < 1.29 is 9.72 Å². The molecule has 0 N–H and O–H groups in total. The summed E-state index contributed by atoms with van der Waals surface area (Å²) in [6.45, 7) is 1.37. The molecule has 1 heterocycles. The normalized spacial score (nSPS) is 10.4. The average Bonchev–Trinajstić information content (AvgIpc) is 2.87. The first kappa shape index (κ1) is 15.4. The van der Waals surface area contributed by atoms with Crippen molar-refractivity contribution >= 4 is 39.7 Å². The number of hydrogen-bond donors (Lipinski definition) is 0. The maximum absolute atomic E-state index is 11.3. The molecule has 2 rings (SSSR count). The van der Waals surface area contributed by atoms with Crippen molar-refractivity contribution in [3.8, 4) is 0 Å². The zero-order chi connectivity index (χ0) is 15.6. The molecule has 1 aromatic heterocycles. The topological polar surface area (TPSA) is 89.2 Å². The third-order valence-corrected chi connectivity index (χ3v) is 4.74. The Kier molecular flexibility index (Phi) is 4.53. The van der Waals surface area contributed by atoms with Gasteiger partial charge in [-0.1, -0.05) is 11.3 Å². The molecule has 0 atom stereocenters. The largest absolute Gasteiger partial charge is 0.353 e. The fourth-order valence-electron chi connectivity index (χ4n) is 1.48. The van der Waals surface area contributed by atoms with Crippen LogP contribution >= 0.6 is 23.1 Å². The van der Waals surface area contributed by atoms with Gasteiger partial charge in [0, 0.05) is 25.7 Å². The Hall–Kier alpha value is -2.00. The molecule has 1 aromatic carbocycles. The van der Waals surface area contributed by atoms with Crippen LogP contribution in [0.25, 0.3) is 0 Å². The van der Waals surface area contributed by atoms with E-state index in [0.29, 0.717) is 14.8 Å². The Labute approximate surface area is 129 Å². The third-order valence-electron chi connectivity index (χ3n) is 2.54. The summed E-state index contributed by atoms with van der Waals surface area (Å²) in [6.07, 6.45) is 0. The Morgan fingerprint density at radius 3 is 2.62 bits per heavy atom. The van der Waals surface area contributed by atoms with Crippen LogP contribution in [0.1, 0.15) is 17.3 Å². The molecular formula is C12H12N4O3S2. The van der Waals surface area contributed by atoms with E-state index in [1.165, 1.54) is 36.1 Å². The van der Waals surface area contributed by atoms with E-state index >= 15 is 0 Å². The monoisotopic (exact) mass is 324 g/mol. The van der Waals surface area contributed by atoms with Gasteiger partial charge in [0.2, 0.25) is 5.13 Å². The first-order chi connectivity index (χ1) is 9.88.